The van der Waals surface area contributed by atoms with Crippen LogP contribution in [-0.2, 0) is 0 Å². The van der Waals surface area contributed by atoms with Crippen molar-refractivity contribution in [3.05, 3.63) is 0 Å². The molecule has 0 bridgehead atoms. The van der Waals surface area contributed by atoms with E-state index in [0.29, 0.717) is 5.41 Å². The summed E-state index contributed by atoms with van der Waals surface area (Å²) in [7, 11) is 4.37. The summed E-state index contributed by atoms with van der Waals surface area (Å²) in [5.74, 6) is 0.790. The second-order valence-corrected chi connectivity index (χ2v) is 6.50. The van der Waals surface area contributed by atoms with Crippen LogP contribution in [0.1, 0.15) is 20.8 Å². The van der Waals surface area contributed by atoms with E-state index in [1.54, 1.807) is 0 Å². The van der Waals surface area contributed by atoms with Gasteiger partial charge in [-0.05, 0) is 17.6 Å². The molecule has 0 spiro atoms. The lowest BCUT2D eigenvalue weighted by molar-refractivity contribution is -0.0459. The van der Waals surface area contributed by atoms with Crippen molar-refractivity contribution < 1.29 is 0 Å². The van der Waals surface area contributed by atoms with Crippen molar-refractivity contribution in [2.24, 2.45) is 11.3 Å². The van der Waals surface area contributed by atoms with Gasteiger partial charge in [-0.15, -0.1) is 0 Å². The summed E-state index contributed by atoms with van der Waals surface area (Å²) >= 11 is 2.02. The molecule has 1 aliphatic rings. The second-order valence-electron chi connectivity index (χ2n) is 5.43. The third-order valence-corrected chi connectivity index (χ3v) is 4.43. The average Bonchev–Trinajstić information content (AvgIpc) is 2.07. The molecule has 3 heteroatoms. The molecule has 0 saturated carbocycles. The van der Waals surface area contributed by atoms with E-state index < -0.39 is 0 Å². The van der Waals surface area contributed by atoms with Crippen molar-refractivity contribution in [3.63, 3.8) is 0 Å². The molecule has 1 aliphatic heterocycles. The van der Waals surface area contributed by atoms with Crippen LogP contribution < -0.4 is 0 Å². The molecule has 0 aromatic rings. The van der Waals surface area contributed by atoms with Gasteiger partial charge in [0.15, 0.2) is 0 Å². The summed E-state index contributed by atoms with van der Waals surface area (Å²) in [6.45, 7) is 9.45. The number of nitrogens with zero attached hydrogens (tertiary/aromatic N) is 2. The van der Waals surface area contributed by atoms with Crippen LogP contribution in [0.15, 0.2) is 0 Å². The standard InChI is InChI=1S/C11H24N2S/c1-11(2,3)9-7-12(4)13(5)8-10(9)14-6/h9-10H,7-8H2,1-6H3. The van der Waals surface area contributed by atoms with Crippen molar-refractivity contribution in [2.45, 2.75) is 26.0 Å². The Morgan fingerprint density at radius 3 is 2.00 bits per heavy atom. The van der Waals surface area contributed by atoms with E-state index in [0.717, 1.165) is 11.2 Å². The maximum Gasteiger partial charge on any atom is 0.0252 e. The van der Waals surface area contributed by atoms with Crippen molar-refractivity contribution in [2.75, 3.05) is 33.4 Å². The highest BCUT2D eigenvalue weighted by Gasteiger charge is 2.37. The van der Waals surface area contributed by atoms with Crippen LogP contribution in [0.2, 0.25) is 0 Å². The molecule has 2 unspecified atom stereocenters. The lowest BCUT2D eigenvalue weighted by Gasteiger charge is -2.47. The van der Waals surface area contributed by atoms with Crippen molar-refractivity contribution in [1.82, 2.24) is 10.0 Å². The predicted molar refractivity (Wildman–Crippen MR) is 65.5 cm³/mol. The van der Waals surface area contributed by atoms with Crippen LogP contribution in [-0.4, -0.2) is 48.7 Å². The third-order valence-electron chi connectivity index (χ3n) is 3.35. The minimum Gasteiger partial charge on any atom is -0.245 e. The molecule has 0 N–H and O–H groups in total. The van der Waals surface area contributed by atoms with Gasteiger partial charge in [0.05, 0.1) is 0 Å². The van der Waals surface area contributed by atoms with E-state index in [2.05, 4.69) is 51.1 Å². The maximum absolute atomic E-state index is 2.36. The van der Waals surface area contributed by atoms with Crippen molar-refractivity contribution >= 4 is 11.8 Å². The highest BCUT2D eigenvalue weighted by Crippen LogP contribution is 2.37. The Bertz CT molecular complexity index is 188. The Hall–Kier alpha value is 0.270. The largest absolute Gasteiger partial charge is 0.245 e. The molecule has 1 rings (SSSR count). The van der Waals surface area contributed by atoms with Gasteiger partial charge < -0.3 is 0 Å². The van der Waals surface area contributed by atoms with Gasteiger partial charge in [-0.2, -0.15) is 11.8 Å². The highest BCUT2D eigenvalue weighted by atomic mass is 32.2. The van der Waals surface area contributed by atoms with E-state index in [-0.39, 0.29) is 0 Å². The lowest BCUT2D eigenvalue weighted by Crippen LogP contribution is -2.55. The van der Waals surface area contributed by atoms with E-state index >= 15 is 0 Å². The van der Waals surface area contributed by atoms with Crippen LogP contribution in [0.5, 0.6) is 0 Å². The molecule has 0 amide bonds. The van der Waals surface area contributed by atoms with Crippen LogP contribution in [0.4, 0.5) is 0 Å². The van der Waals surface area contributed by atoms with Crippen molar-refractivity contribution in [1.29, 1.82) is 0 Å². The minimum absolute atomic E-state index is 0.420. The Morgan fingerprint density at radius 2 is 1.57 bits per heavy atom. The molecule has 0 aliphatic carbocycles. The first-order valence-electron chi connectivity index (χ1n) is 5.31. The van der Waals surface area contributed by atoms with Gasteiger partial charge in [-0.1, -0.05) is 20.8 Å². The van der Waals surface area contributed by atoms with Gasteiger partial charge in [0.25, 0.3) is 0 Å². The molecular weight excluding hydrogens is 192 g/mol. The molecule has 0 aromatic carbocycles. The molecule has 2 atom stereocenters. The molecule has 1 saturated heterocycles. The molecule has 1 fully saturated rings. The molecule has 1 heterocycles. The molecule has 84 valence electrons. The predicted octanol–water partition coefficient (Wildman–Crippen LogP) is 2.17. The summed E-state index contributed by atoms with van der Waals surface area (Å²) in [5.41, 5.74) is 0.420. The maximum atomic E-state index is 2.36. The summed E-state index contributed by atoms with van der Waals surface area (Å²) in [6.07, 6.45) is 2.24. The molecule has 0 radical (unpaired) electrons. The first kappa shape index (κ1) is 12.3. The van der Waals surface area contributed by atoms with E-state index in [4.69, 9.17) is 0 Å². The normalized spacial score (nSPS) is 32.1. The Morgan fingerprint density at radius 1 is 1.07 bits per heavy atom. The van der Waals surface area contributed by atoms with E-state index in [1.807, 2.05) is 11.8 Å². The minimum atomic E-state index is 0.420. The van der Waals surface area contributed by atoms with E-state index in [1.165, 1.54) is 13.1 Å². The number of hydrazine groups is 1. The highest BCUT2D eigenvalue weighted by molar-refractivity contribution is 7.99. The number of hydrogen-bond acceptors (Lipinski definition) is 3. The average molecular weight is 216 g/mol. The fourth-order valence-electron chi connectivity index (χ4n) is 2.14. The van der Waals surface area contributed by atoms with Crippen LogP contribution in [0.25, 0.3) is 0 Å². The first-order chi connectivity index (χ1) is 6.36. The molecule has 14 heavy (non-hydrogen) atoms. The quantitative estimate of drug-likeness (QED) is 0.663. The zero-order chi connectivity index (χ0) is 10.9. The van der Waals surface area contributed by atoms with Crippen LogP contribution in [0, 0.1) is 11.3 Å². The van der Waals surface area contributed by atoms with Gasteiger partial charge in [-0.25, -0.2) is 10.0 Å². The Kier molecular flexibility index (Phi) is 3.89. The fraction of sp³-hybridized carbons (Fsp3) is 1.00. The molecule has 0 aromatic heterocycles. The van der Waals surface area contributed by atoms with Gasteiger partial charge in [-0.3, -0.25) is 0 Å². The van der Waals surface area contributed by atoms with Crippen molar-refractivity contribution in [3.8, 4) is 0 Å². The van der Waals surface area contributed by atoms with E-state index in [9.17, 15) is 0 Å². The summed E-state index contributed by atoms with van der Waals surface area (Å²) < 4.78 is 0. The summed E-state index contributed by atoms with van der Waals surface area (Å²) in [6, 6.07) is 0. The first-order valence-corrected chi connectivity index (χ1v) is 6.60. The third kappa shape index (κ3) is 2.65. The molecule has 2 nitrogen and oxygen atoms in total. The van der Waals surface area contributed by atoms with Crippen LogP contribution >= 0.6 is 11.8 Å². The number of hydrogen-bond donors (Lipinski definition) is 0. The zero-order valence-electron chi connectivity index (χ0n) is 10.4. The number of thioether (sulfide) groups is 1. The fourth-order valence-corrected chi connectivity index (χ4v) is 3.33. The lowest BCUT2D eigenvalue weighted by atomic mass is 9.77. The monoisotopic (exact) mass is 216 g/mol. The van der Waals surface area contributed by atoms with Crippen LogP contribution in [0.3, 0.4) is 0 Å². The topological polar surface area (TPSA) is 6.48 Å². The zero-order valence-corrected chi connectivity index (χ0v) is 11.2. The molecular formula is C11H24N2S. The Labute approximate surface area is 93.0 Å². The van der Waals surface area contributed by atoms with Gasteiger partial charge in [0, 0.05) is 32.4 Å². The summed E-state index contributed by atoms with van der Waals surface area (Å²) in [5, 5.41) is 5.46. The Balaban J connectivity index is 2.73. The van der Waals surface area contributed by atoms with Gasteiger partial charge in [0.2, 0.25) is 0 Å². The van der Waals surface area contributed by atoms with Gasteiger partial charge in [0.1, 0.15) is 0 Å². The summed E-state index contributed by atoms with van der Waals surface area (Å²) in [4.78, 5) is 0. The second kappa shape index (κ2) is 4.42. The van der Waals surface area contributed by atoms with Gasteiger partial charge >= 0.3 is 0 Å². The SMILES string of the molecule is CSC1CN(C)N(C)CC1C(C)(C)C. The number of rotatable bonds is 1. The smallest absolute Gasteiger partial charge is 0.0252 e.